The molecule has 1 aromatic carbocycles. The number of carbonyl (C=O) groups is 1. The molecule has 0 amide bonds. The van der Waals surface area contributed by atoms with Gasteiger partial charge in [-0.3, -0.25) is 4.79 Å². The summed E-state index contributed by atoms with van der Waals surface area (Å²) in [6.07, 6.45) is 5.74. The number of rotatable bonds is 2. The Labute approximate surface area is 170 Å². The Bertz CT molecular complexity index is 928. The SMILES string of the molecule is COc1cc2c(cc1OC)C1=C(CO2)OC2C(CCC3OC(C)(C)C=CC32)C1=O. The summed E-state index contributed by atoms with van der Waals surface area (Å²) in [6, 6.07) is 3.58. The minimum Gasteiger partial charge on any atom is -0.493 e. The average molecular weight is 398 g/mol. The molecule has 5 rings (SSSR count). The molecule has 4 aliphatic rings. The number of ether oxygens (including phenoxy) is 5. The van der Waals surface area contributed by atoms with Crippen molar-refractivity contribution >= 4 is 11.4 Å². The Morgan fingerprint density at radius 3 is 2.62 bits per heavy atom. The number of carbonyl (C=O) groups excluding carboxylic acids is 1. The number of hydrogen-bond acceptors (Lipinski definition) is 6. The molecule has 0 N–H and O–H groups in total. The Morgan fingerprint density at radius 2 is 1.86 bits per heavy atom. The standard InChI is InChI=1S/C23H26O6/c1-23(2)8-7-12-15(29-23)6-5-13-21(24)20-14-9-17(25-3)18(26-4)10-16(14)27-11-19(20)28-22(12)13/h7-10,12-13,15,22H,5-6,11H2,1-4H3. The fourth-order valence-electron chi connectivity index (χ4n) is 5.02. The van der Waals surface area contributed by atoms with Gasteiger partial charge in [0.2, 0.25) is 0 Å². The Morgan fingerprint density at radius 1 is 1.10 bits per heavy atom. The molecule has 1 fully saturated rings. The molecule has 4 unspecified atom stereocenters. The third kappa shape index (κ3) is 2.84. The van der Waals surface area contributed by atoms with Crippen molar-refractivity contribution in [3.05, 3.63) is 35.6 Å². The van der Waals surface area contributed by atoms with Crippen LogP contribution in [-0.4, -0.2) is 44.4 Å². The summed E-state index contributed by atoms with van der Waals surface area (Å²) in [6.45, 7) is 4.36. The number of methoxy groups -OCH3 is 2. The van der Waals surface area contributed by atoms with Crippen LogP contribution in [0.25, 0.3) is 5.57 Å². The highest BCUT2D eigenvalue weighted by Gasteiger charge is 2.51. The van der Waals surface area contributed by atoms with E-state index in [1.807, 2.05) is 6.07 Å². The summed E-state index contributed by atoms with van der Waals surface area (Å²) in [5.41, 5.74) is 1.05. The van der Waals surface area contributed by atoms with Crippen LogP contribution in [0.3, 0.4) is 0 Å². The van der Waals surface area contributed by atoms with Crippen LogP contribution in [0.2, 0.25) is 0 Å². The van der Waals surface area contributed by atoms with Gasteiger partial charge in [0, 0.05) is 17.5 Å². The highest BCUT2D eigenvalue weighted by molar-refractivity contribution is 6.24. The molecule has 1 aromatic rings. The first-order valence-corrected chi connectivity index (χ1v) is 10.1. The monoisotopic (exact) mass is 398 g/mol. The van der Waals surface area contributed by atoms with Crippen molar-refractivity contribution < 1.29 is 28.5 Å². The van der Waals surface area contributed by atoms with E-state index in [1.54, 1.807) is 20.3 Å². The van der Waals surface area contributed by atoms with Gasteiger partial charge < -0.3 is 23.7 Å². The van der Waals surface area contributed by atoms with E-state index >= 15 is 0 Å². The Kier molecular flexibility index (Phi) is 4.17. The van der Waals surface area contributed by atoms with Crippen molar-refractivity contribution in [2.45, 2.75) is 44.5 Å². The van der Waals surface area contributed by atoms with Crippen LogP contribution in [0.5, 0.6) is 17.2 Å². The normalized spacial score (nSPS) is 31.5. The summed E-state index contributed by atoms with van der Waals surface area (Å²) >= 11 is 0. The summed E-state index contributed by atoms with van der Waals surface area (Å²) in [5.74, 6) is 2.39. The molecule has 154 valence electrons. The molecule has 0 spiro atoms. The van der Waals surface area contributed by atoms with Gasteiger partial charge in [-0.05, 0) is 32.8 Å². The van der Waals surface area contributed by atoms with Crippen molar-refractivity contribution in [3.63, 3.8) is 0 Å². The molecule has 3 aliphatic heterocycles. The van der Waals surface area contributed by atoms with Gasteiger partial charge >= 0.3 is 0 Å². The average Bonchev–Trinajstić information content (AvgIpc) is 2.71. The highest BCUT2D eigenvalue weighted by atomic mass is 16.5. The van der Waals surface area contributed by atoms with E-state index in [0.717, 1.165) is 12.8 Å². The molecule has 0 aromatic heterocycles. The minimum absolute atomic E-state index is 0.0755. The lowest BCUT2D eigenvalue weighted by Gasteiger charge is -2.48. The Balaban J connectivity index is 1.55. The second kappa shape index (κ2) is 6.52. The lowest BCUT2D eigenvalue weighted by Crippen LogP contribution is -2.52. The third-order valence-electron chi connectivity index (χ3n) is 6.40. The largest absolute Gasteiger partial charge is 0.493 e. The summed E-state index contributed by atoms with van der Waals surface area (Å²) in [4.78, 5) is 13.6. The number of allylic oxidation sites excluding steroid dienone is 1. The maximum absolute atomic E-state index is 13.6. The van der Waals surface area contributed by atoms with Crippen LogP contribution in [0.1, 0.15) is 32.3 Å². The number of hydrogen-bond donors (Lipinski definition) is 0. The molecule has 4 atom stereocenters. The summed E-state index contributed by atoms with van der Waals surface area (Å²) < 4.78 is 29.4. The molecular weight excluding hydrogens is 372 g/mol. The minimum atomic E-state index is -0.278. The first kappa shape index (κ1) is 18.6. The van der Waals surface area contributed by atoms with E-state index in [2.05, 4.69) is 26.0 Å². The molecule has 6 nitrogen and oxygen atoms in total. The lowest BCUT2D eigenvalue weighted by molar-refractivity contribution is -0.150. The number of Topliss-reactive ketones (excluding diaryl/α,β-unsaturated/α-hetero) is 1. The van der Waals surface area contributed by atoms with Crippen LogP contribution >= 0.6 is 0 Å². The third-order valence-corrected chi connectivity index (χ3v) is 6.40. The summed E-state index contributed by atoms with van der Waals surface area (Å²) in [7, 11) is 3.16. The van der Waals surface area contributed by atoms with Gasteiger partial charge in [-0.2, -0.15) is 0 Å². The zero-order valence-electron chi connectivity index (χ0n) is 17.2. The van der Waals surface area contributed by atoms with Gasteiger partial charge in [0.05, 0.1) is 37.4 Å². The first-order valence-electron chi connectivity index (χ1n) is 10.1. The van der Waals surface area contributed by atoms with E-state index < -0.39 is 0 Å². The maximum atomic E-state index is 13.6. The quantitative estimate of drug-likeness (QED) is 0.710. The van der Waals surface area contributed by atoms with Crippen molar-refractivity contribution in [2.24, 2.45) is 11.8 Å². The topological polar surface area (TPSA) is 63.2 Å². The van der Waals surface area contributed by atoms with Crippen LogP contribution in [0.4, 0.5) is 0 Å². The maximum Gasteiger partial charge on any atom is 0.173 e. The molecule has 1 saturated carbocycles. The first-order chi connectivity index (χ1) is 13.9. The van der Waals surface area contributed by atoms with Crippen LogP contribution in [0, 0.1) is 11.8 Å². The van der Waals surface area contributed by atoms with Gasteiger partial charge in [0.25, 0.3) is 0 Å². The molecule has 1 aliphatic carbocycles. The van der Waals surface area contributed by atoms with Crippen LogP contribution in [-0.2, 0) is 14.3 Å². The molecule has 0 saturated heterocycles. The van der Waals surface area contributed by atoms with Gasteiger partial charge in [-0.1, -0.05) is 12.2 Å². The number of ketones is 1. The Hall–Kier alpha value is -2.47. The predicted octanol–water partition coefficient (Wildman–Crippen LogP) is 3.54. The van der Waals surface area contributed by atoms with Crippen molar-refractivity contribution in [3.8, 4) is 17.2 Å². The number of benzene rings is 1. The van der Waals surface area contributed by atoms with Gasteiger partial charge in [0.1, 0.15) is 24.2 Å². The van der Waals surface area contributed by atoms with Crippen molar-refractivity contribution in [2.75, 3.05) is 20.8 Å². The van der Waals surface area contributed by atoms with Gasteiger partial charge in [-0.15, -0.1) is 0 Å². The fourth-order valence-corrected chi connectivity index (χ4v) is 5.02. The van der Waals surface area contributed by atoms with Crippen LogP contribution < -0.4 is 14.2 Å². The number of fused-ring (bicyclic) bond motifs is 5. The smallest absolute Gasteiger partial charge is 0.173 e. The van der Waals surface area contributed by atoms with E-state index in [-0.39, 0.29) is 42.0 Å². The van der Waals surface area contributed by atoms with Gasteiger partial charge in [0.15, 0.2) is 17.3 Å². The fraction of sp³-hybridized carbons (Fsp3) is 0.522. The zero-order valence-corrected chi connectivity index (χ0v) is 17.2. The molecule has 0 bridgehead atoms. The van der Waals surface area contributed by atoms with Crippen LogP contribution in [0.15, 0.2) is 30.0 Å². The zero-order chi connectivity index (χ0) is 20.3. The second-order valence-electron chi connectivity index (χ2n) is 8.62. The highest BCUT2D eigenvalue weighted by Crippen LogP contribution is 2.49. The molecular formula is C23H26O6. The predicted molar refractivity (Wildman–Crippen MR) is 106 cm³/mol. The molecule has 3 heterocycles. The second-order valence-corrected chi connectivity index (χ2v) is 8.62. The molecule has 6 heteroatoms. The molecule has 0 radical (unpaired) electrons. The van der Waals surface area contributed by atoms with E-state index in [1.165, 1.54) is 0 Å². The van der Waals surface area contributed by atoms with Crippen molar-refractivity contribution in [1.82, 2.24) is 0 Å². The van der Waals surface area contributed by atoms with E-state index in [0.29, 0.717) is 34.1 Å². The molecule has 29 heavy (non-hydrogen) atoms. The summed E-state index contributed by atoms with van der Waals surface area (Å²) in [5, 5.41) is 0. The van der Waals surface area contributed by atoms with Crippen molar-refractivity contribution in [1.29, 1.82) is 0 Å². The van der Waals surface area contributed by atoms with E-state index in [4.69, 9.17) is 23.7 Å². The van der Waals surface area contributed by atoms with Gasteiger partial charge in [-0.25, -0.2) is 0 Å². The lowest BCUT2D eigenvalue weighted by atomic mass is 9.70. The van der Waals surface area contributed by atoms with E-state index in [9.17, 15) is 4.79 Å².